The summed E-state index contributed by atoms with van der Waals surface area (Å²) in [4.78, 5) is 11.7. The molecule has 19 heavy (non-hydrogen) atoms. The fourth-order valence-electron chi connectivity index (χ4n) is 2.23. The fraction of sp³-hybridized carbons (Fsp3) is 0.429. The summed E-state index contributed by atoms with van der Waals surface area (Å²) in [7, 11) is 1.58. The SMILES string of the molecule is CCC1=NN(C(C)=O)[C@@](O)(c2ccc(OC)cc2)C1. The lowest BCUT2D eigenvalue weighted by molar-refractivity contribution is -0.155. The molecule has 2 rings (SSSR count). The molecule has 1 atom stereocenters. The number of hydrogen-bond donors (Lipinski definition) is 1. The van der Waals surface area contributed by atoms with E-state index >= 15 is 0 Å². The number of aliphatic hydroxyl groups is 1. The van der Waals surface area contributed by atoms with Crippen molar-refractivity contribution >= 4 is 11.6 Å². The molecule has 1 aliphatic rings. The minimum atomic E-state index is -1.39. The molecule has 1 aromatic rings. The number of ether oxygens (including phenoxy) is 1. The molecule has 0 fully saturated rings. The van der Waals surface area contributed by atoms with Gasteiger partial charge in [0.2, 0.25) is 5.91 Å². The number of carbonyl (C=O) groups excluding carboxylic acids is 1. The van der Waals surface area contributed by atoms with Crippen molar-refractivity contribution in [2.75, 3.05) is 7.11 Å². The normalized spacial score (nSPS) is 22.3. The molecule has 0 aromatic heterocycles. The summed E-state index contributed by atoms with van der Waals surface area (Å²) in [5, 5.41) is 16.2. The van der Waals surface area contributed by atoms with Gasteiger partial charge in [-0.05, 0) is 18.6 Å². The first kappa shape index (κ1) is 13.5. The molecule has 1 amide bonds. The summed E-state index contributed by atoms with van der Waals surface area (Å²) in [5.41, 5.74) is 0.0629. The van der Waals surface area contributed by atoms with Gasteiger partial charge < -0.3 is 9.84 Å². The molecular weight excluding hydrogens is 244 g/mol. The van der Waals surface area contributed by atoms with E-state index in [-0.39, 0.29) is 5.91 Å². The second kappa shape index (κ2) is 5.01. The Labute approximate surface area is 112 Å². The molecule has 0 aliphatic carbocycles. The number of hydrogen-bond acceptors (Lipinski definition) is 4. The van der Waals surface area contributed by atoms with Gasteiger partial charge in [0.1, 0.15) is 5.75 Å². The van der Waals surface area contributed by atoms with Crippen LogP contribution in [-0.2, 0) is 10.5 Å². The molecule has 5 nitrogen and oxygen atoms in total. The van der Waals surface area contributed by atoms with Crippen molar-refractivity contribution in [3.8, 4) is 5.75 Å². The molecule has 0 spiro atoms. The molecule has 1 aliphatic heterocycles. The average Bonchev–Trinajstić information content (AvgIpc) is 2.77. The van der Waals surface area contributed by atoms with Crippen molar-refractivity contribution in [1.29, 1.82) is 0 Å². The molecule has 0 radical (unpaired) electrons. The summed E-state index contributed by atoms with van der Waals surface area (Å²) < 4.78 is 5.09. The van der Waals surface area contributed by atoms with Gasteiger partial charge >= 0.3 is 0 Å². The first-order chi connectivity index (χ1) is 9.01. The standard InChI is InChI=1S/C14H18N2O3/c1-4-12-9-14(18,16(15-12)10(2)17)11-5-7-13(19-3)8-6-11/h5-8,18H,4,9H2,1-3H3/t14-/m0/s1. The quantitative estimate of drug-likeness (QED) is 0.904. The van der Waals surface area contributed by atoms with Crippen LogP contribution in [0.2, 0.25) is 0 Å². The third kappa shape index (κ3) is 2.33. The van der Waals surface area contributed by atoms with Crippen molar-refractivity contribution < 1.29 is 14.6 Å². The van der Waals surface area contributed by atoms with E-state index in [1.165, 1.54) is 6.92 Å². The van der Waals surface area contributed by atoms with E-state index in [0.717, 1.165) is 10.7 Å². The first-order valence-electron chi connectivity index (χ1n) is 6.25. The van der Waals surface area contributed by atoms with E-state index in [0.29, 0.717) is 24.2 Å². The zero-order valence-electron chi connectivity index (χ0n) is 11.4. The Morgan fingerprint density at radius 3 is 2.58 bits per heavy atom. The lowest BCUT2D eigenvalue weighted by Crippen LogP contribution is -2.42. The van der Waals surface area contributed by atoms with E-state index in [4.69, 9.17) is 4.74 Å². The zero-order chi connectivity index (χ0) is 14.0. The molecule has 0 saturated heterocycles. The van der Waals surface area contributed by atoms with Crippen LogP contribution in [0.15, 0.2) is 29.4 Å². The highest BCUT2D eigenvalue weighted by Gasteiger charge is 2.44. The zero-order valence-corrected chi connectivity index (χ0v) is 11.4. The topological polar surface area (TPSA) is 62.1 Å². The van der Waals surface area contributed by atoms with Crippen LogP contribution in [0.4, 0.5) is 0 Å². The Morgan fingerprint density at radius 2 is 2.11 bits per heavy atom. The van der Waals surface area contributed by atoms with E-state index in [2.05, 4.69) is 5.10 Å². The molecule has 0 saturated carbocycles. The van der Waals surface area contributed by atoms with E-state index < -0.39 is 5.72 Å². The van der Waals surface area contributed by atoms with Gasteiger partial charge in [-0.1, -0.05) is 19.1 Å². The number of rotatable bonds is 3. The van der Waals surface area contributed by atoms with Crippen LogP contribution in [0.3, 0.4) is 0 Å². The second-order valence-electron chi connectivity index (χ2n) is 4.57. The molecule has 0 bridgehead atoms. The minimum absolute atomic E-state index is 0.276. The van der Waals surface area contributed by atoms with Gasteiger partial charge in [-0.3, -0.25) is 4.79 Å². The molecule has 1 aromatic carbocycles. The van der Waals surface area contributed by atoms with Crippen molar-refractivity contribution in [3.05, 3.63) is 29.8 Å². The number of carbonyl (C=O) groups is 1. The van der Waals surface area contributed by atoms with Crippen LogP contribution < -0.4 is 4.74 Å². The molecular formula is C14H18N2O3. The Balaban J connectivity index is 2.37. The van der Waals surface area contributed by atoms with Crippen molar-refractivity contribution in [2.24, 2.45) is 5.10 Å². The van der Waals surface area contributed by atoms with E-state index in [9.17, 15) is 9.90 Å². The molecule has 1 heterocycles. The van der Waals surface area contributed by atoms with Gasteiger partial charge in [-0.2, -0.15) is 10.1 Å². The summed E-state index contributed by atoms with van der Waals surface area (Å²) in [6, 6.07) is 7.02. The number of methoxy groups -OCH3 is 1. The summed E-state index contributed by atoms with van der Waals surface area (Å²) in [6.07, 6.45) is 1.05. The largest absolute Gasteiger partial charge is 0.497 e. The van der Waals surface area contributed by atoms with Crippen LogP contribution in [0.5, 0.6) is 5.75 Å². The van der Waals surface area contributed by atoms with Crippen LogP contribution in [-0.4, -0.2) is 28.8 Å². The smallest absolute Gasteiger partial charge is 0.242 e. The summed E-state index contributed by atoms with van der Waals surface area (Å²) >= 11 is 0. The number of amides is 1. The highest BCUT2D eigenvalue weighted by Crippen LogP contribution is 2.36. The Hall–Kier alpha value is -1.88. The summed E-state index contributed by atoms with van der Waals surface area (Å²) in [6.45, 7) is 3.35. The number of nitrogens with zero attached hydrogens (tertiary/aromatic N) is 2. The monoisotopic (exact) mass is 262 g/mol. The highest BCUT2D eigenvalue weighted by molar-refractivity contribution is 5.90. The molecule has 1 N–H and O–H groups in total. The fourth-order valence-corrected chi connectivity index (χ4v) is 2.23. The maximum Gasteiger partial charge on any atom is 0.242 e. The number of benzene rings is 1. The Bertz CT molecular complexity index is 510. The third-order valence-electron chi connectivity index (χ3n) is 3.30. The molecule has 102 valence electrons. The number of hydrazone groups is 1. The lowest BCUT2D eigenvalue weighted by Gasteiger charge is -2.30. The second-order valence-corrected chi connectivity index (χ2v) is 4.57. The van der Waals surface area contributed by atoms with Crippen molar-refractivity contribution in [3.63, 3.8) is 0 Å². The maximum atomic E-state index is 11.7. The highest BCUT2D eigenvalue weighted by atomic mass is 16.5. The van der Waals surface area contributed by atoms with Crippen LogP contribution in [0.1, 0.15) is 32.3 Å². The molecule has 5 heteroatoms. The van der Waals surface area contributed by atoms with Crippen molar-refractivity contribution in [1.82, 2.24) is 5.01 Å². The summed E-state index contributed by atoms with van der Waals surface area (Å²) in [5.74, 6) is 0.429. The van der Waals surface area contributed by atoms with Gasteiger partial charge in [-0.15, -0.1) is 0 Å². The molecule has 0 unspecified atom stereocenters. The van der Waals surface area contributed by atoms with Crippen LogP contribution in [0.25, 0.3) is 0 Å². The van der Waals surface area contributed by atoms with Gasteiger partial charge in [0.15, 0.2) is 5.72 Å². The van der Waals surface area contributed by atoms with E-state index in [1.807, 2.05) is 6.92 Å². The Kier molecular flexibility index (Phi) is 3.57. The predicted octanol–water partition coefficient (Wildman–Crippen LogP) is 1.86. The lowest BCUT2D eigenvalue weighted by atomic mass is 9.96. The predicted molar refractivity (Wildman–Crippen MR) is 71.8 cm³/mol. The third-order valence-corrected chi connectivity index (χ3v) is 3.30. The van der Waals surface area contributed by atoms with E-state index in [1.54, 1.807) is 31.4 Å². The maximum absolute atomic E-state index is 11.7. The van der Waals surface area contributed by atoms with Gasteiger partial charge in [0.05, 0.1) is 7.11 Å². The minimum Gasteiger partial charge on any atom is -0.497 e. The van der Waals surface area contributed by atoms with Gasteiger partial charge in [0.25, 0.3) is 0 Å². The van der Waals surface area contributed by atoms with Gasteiger partial charge in [-0.25, -0.2) is 0 Å². The van der Waals surface area contributed by atoms with Crippen LogP contribution >= 0.6 is 0 Å². The van der Waals surface area contributed by atoms with Crippen LogP contribution in [0, 0.1) is 0 Å². The first-order valence-corrected chi connectivity index (χ1v) is 6.25. The van der Waals surface area contributed by atoms with Gasteiger partial charge in [0, 0.05) is 24.6 Å². The van der Waals surface area contributed by atoms with Crippen molar-refractivity contribution in [2.45, 2.75) is 32.4 Å². The average molecular weight is 262 g/mol. The Morgan fingerprint density at radius 1 is 1.47 bits per heavy atom.